The van der Waals surface area contributed by atoms with E-state index < -0.39 is 0 Å². The molecule has 1 N–H and O–H groups in total. The molecule has 2 rings (SSSR count). The summed E-state index contributed by atoms with van der Waals surface area (Å²) in [5.41, 5.74) is 0.938. The second-order valence-electron chi connectivity index (χ2n) is 5.76. The number of benzene rings is 1. The van der Waals surface area contributed by atoms with Gasteiger partial charge >= 0.3 is 5.97 Å². The van der Waals surface area contributed by atoms with Crippen LogP contribution in [-0.2, 0) is 9.53 Å². The monoisotopic (exact) mass is 293 g/mol. The zero-order valence-corrected chi connectivity index (χ0v) is 12.8. The fourth-order valence-corrected chi connectivity index (χ4v) is 3.04. The van der Waals surface area contributed by atoms with Crippen molar-refractivity contribution < 1.29 is 13.9 Å². The Labute approximate surface area is 125 Å². The minimum absolute atomic E-state index is 0.00379. The van der Waals surface area contributed by atoms with E-state index in [9.17, 15) is 9.18 Å². The van der Waals surface area contributed by atoms with E-state index in [0.717, 1.165) is 31.2 Å². The van der Waals surface area contributed by atoms with Crippen LogP contribution in [0.2, 0.25) is 0 Å². The first-order valence-electron chi connectivity index (χ1n) is 7.78. The van der Waals surface area contributed by atoms with Crippen molar-refractivity contribution >= 4 is 5.97 Å². The summed E-state index contributed by atoms with van der Waals surface area (Å²) >= 11 is 0. The topological polar surface area (TPSA) is 38.3 Å². The average Bonchev–Trinajstić information content (AvgIpc) is 2.48. The van der Waals surface area contributed by atoms with Crippen molar-refractivity contribution in [2.45, 2.75) is 51.6 Å². The van der Waals surface area contributed by atoms with Gasteiger partial charge in [-0.15, -0.1) is 0 Å². The summed E-state index contributed by atoms with van der Waals surface area (Å²) in [5, 5.41) is 3.51. The number of carbonyl (C=O) groups is 1. The molecule has 1 aliphatic carbocycles. The summed E-state index contributed by atoms with van der Waals surface area (Å²) in [4.78, 5) is 11.8. The van der Waals surface area contributed by atoms with Gasteiger partial charge in [0, 0.05) is 12.1 Å². The van der Waals surface area contributed by atoms with E-state index in [-0.39, 0.29) is 29.8 Å². The molecule has 1 saturated carbocycles. The molecule has 0 radical (unpaired) electrons. The first-order valence-corrected chi connectivity index (χ1v) is 7.78. The quantitative estimate of drug-likeness (QED) is 0.843. The molecule has 0 aliphatic heterocycles. The number of halogens is 1. The average molecular weight is 293 g/mol. The highest BCUT2D eigenvalue weighted by atomic mass is 19.1. The number of esters is 1. The highest BCUT2D eigenvalue weighted by molar-refractivity contribution is 5.72. The van der Waals surface area contributed by atoms with Crippen LogP contribution in [0.1, 0.15) is 51.1 Å². The molecule has 0 heterocycles. The molecule has 0 amide bonds. The SMILES string of the molecule is CCOC(=O)C1CCCC(N[C@H](C)c2cccc(F)c2)C1. The predicted octanol–water partition coefficient (Wildman–Crippen LogP) is 3.60. The van der Waals surface area contributed by atoms with Crippen LogP contribution < -0.4 is 5.32 Å². The molecule has 2 unspecified atom stereocenters. The van der Waals surface area contributed by atoms with Gasteiger partial charge in [0.15, 0.2) is 0 Å². The van der Waals surface area contributed by atoms with Crippen molar-refractivity contribution in [3.05, 3.63) is 35.6 Å². The summed E-state index contributed by atoms with van der Waals surface area (Å²) < 4.78 is 18.4. The van der Waals surface area contributed by atoms with Crippen molar-refractivity contribution in [3.63, 3.8) is 0 Å². The molecule has 0 spiro atoms. The maximum atomic E-state index is 13.3. The number of hydrogen-bond acceptors (Lipinski definition) is 3. The molecule has 0 bridgehead atoms. The zero-order valence-electron chi connectivity index (χ0n) is 12.8. The van der Waals surface area contributed by atoms with Crippen molar-refractivity contribution in [1.82, 2.24) is 5.32 Å². The Morgan fingerprint density at radius 3 is 3.00 bits per heavy atom. The third kappa shape index (κ3) is 4.53. The van der Waals surface area contributed by atoms with Gasteiger partial charge in [-0.25, -0.2) is 4.39 Å². The van der Waals surface area contributed by atoms with Crippen molar-refractivity contribution in [1.29, 1.82) is 0 Å². The Morgan fingerprint density at radius 1 is 1.48 bits per heavy atom. The first-order chi connectivity index (χ1) is 10.1. The highest BCUT2D eigenvalue weighted by Gasteiger charge is 2.28. The fraction of sp³-hybridized carbons (Fsp3) is 0.588. The minimum Gasteiger partial charge on any atom is -0.466 e. The third-order valence-electron chi connectivity index (χ3n) is 4.13. The van der Waals surface area contributed by atoms with Crippen LogP contribution >= 0.6 is 0 Å². The van der Waals surface area contributed by atoms with Crippen molar-refractivity contribution in [2.75, 3.05) is 6.61 Å². The van der Waals surface area contributed by atoms with Gasteiger partial charge in [0.1, 0.15) is 5.82 Å². The number of carbonyl (C=O) groups excluding carboxylic acids is 1. The molecule has 1 aliphatic rings. The summed E-state index contributed by atoms with van der Waals surface area (Å²) in [7, 11) is 0. The summed E-state index contributed by atoms with van der Waals surface area (Å²) in [6.07, 6.45) is 3.79. The Kier molecular flexibility index (Phi) is 5.74. The lowest BCUT2D eigenvalue weighted by molar-refractivity contribution is -0.149. The van der Waals surface area contributed by atoms with Crippen LogP contribution in [0.15, 0.2) is 24.3 Å². The molecule has 1 fully saturated rings. The van der Waals surface area contributed by atoms with Crippen molar-refractivity contribution in [3.8, 4) is 0 Å². The molecule has 3 nitrogen and oxygen atoms in total. The molecule has 0 aromatic heterocycles. The normalized spacial score (nSPS) is 23.6. The maximum Gasteiger partial charge on any atom is 0.308 e. The molecule has 1 aromatic rings. The van der Waals surface area contributed by atoms with Crippen LogP contribution in [-0.4, -0.2) is 18.6 Å². The minimum atomic E-state index is -0.214. The van der Waals surface area contributed by atoms with Gasteiger partial charge in [-0.2, -0.15) is 0 Å². The number of hydrogen-bond donors (Lipinski definition) is 1. The van der Waals surface area contributed by atoms with Gasteiger partial charge < -0.3 is 10.1 Å². The Balaban J connectivity index is 1.91. The van der Waals surface area contributed by atoms with E-state index >= 15 is 0 Å². The maximum absolute atomic E-state index is 13.3. The van der Waals surface area contributed by atoms with Gasteiger partial charge in [0.2, 0.25) is 0 Å². The van der Waals surface area contributed by atoms with Crippen molar-refractivity contribution in [2.24, 2.45) is 5.92 Å². The summed E-state index contributed by atoms with van der Waals surface area (Å²) in [6.45, 7) is 4.30. The van der Waals surface area contributed by atoms with Crippen LogP contribution in [0.5, 0.6) is 0 Å². The number of nitrogens with one attached hydrogen (secondary N) is 1. The standard InChI is InChI=1S/C17H24FNO2/c1-3-21-17(20)14-7-5-9-16(11-14)19-12(2)13-6-4-8-15(18)10-13/h4,6,8,10,12,14,16,19H,3,5,7,9,11H2,1-2H3/t12-,14?,16?/m1/s1. The summed E-state index contributed by atoms with van der Waals surface area (Å²) in [5.74, 6) is -0.299. The van der Waals surface area contributed by atoms with Gasteiger partial charge in [-0.1, -0.05) is 18.6 Å². The van der Waals surface area contributed by atoms with Gasteiger partial charge in [-0.3, -0.25) is 4.79 Å². The molecular weight excluding hydrogens is 269 g/mol. The second-order valence-corrected chi connectivity index (χ2v) is 5.76. The second kappa shape index (κ2) is 7.55. The molecule has 3 atom stereocenters. The van der Waals surface area contributed by atoms with Gasteiger partial charge in [-0.05, 0) is 50.8 Å². The zero-order chi connectivity index (χ0) is 15.2. The van der Waals surface area contributed by atoms with Crippen LogP contribution in [0.4, 0.5) is 4.39 Å². The number of ether oxygens (including phenoxy) is 1. The number of rotatable bonds is 5. The molecule has 116 valence electrons. The van der Waals surface area contributed by atoms with E-state index in [1.54, 1.807) is 12.1 Å². The Bertz CT molecular complexity index is 478. The molecule has 0 saturated heterocycles. The van der Waals surface area contributed by atoms with E-state index in [0.29, 0.717) is 6.61 Å². The van der Waals surface area contributed by atoms with E-state index in [1.165, 1.54) is 6.07 Å². The van der Waals surface area contributed by atoms with Gasteiger partial charge in [0.05, 0.1) is 12.5 Å². The van der Waals surface area contributed by atoms with Crippen LogP contribution in [0.25, 0.3) is 0 Å². The lowest BCUT2D eigenvalue weighted by Gasteiger charge is -2.31. The predicted molar refractivity (Wildman–Crippen MR) is 80.3 cm³/mol. The first kappa shape index (κ1) is 16.0. The van der Waals surface area contributed by atoms with E-state index in [1.807, 2.05) is 19.9 Å². The van der Waals surface area contributed by atoms with Crippen LogP contribution in [0.3, 0.4) is 0 Å². The van der Waals surface area contributed by atoms with E-state index in [2.05, 4.69) is 5.32 Å². The Morgan fingerprint density at radius 2 is 2.29 bits per heavy atom. The molecule has 4 heteroatoms. The lowest BCUT2D eigenvalue weighted by Crippen LogP contribution is -2.38. The lowest BCUT2D eigenvalue weighted by atomic mass is 9.85. The highest BCUT2D eigenvalue weighted by Crippen LogP contribution is 2.27. The smallest absolute Gasteiger partial charge is 0.308 e. The molecular formula is C17H24FNO2. The fourth-order valence-electron chi connectivity index (χ4n) is 3.04. The van der Waals surface area contributed by atoms with E-state index in [4.69, 9.17) is 4.74 Å². The summed E-state index contributed by atoms with van der Waals surface area (Å²) in [6, 6.07) is 7.02. The van der Waals surface area contributed by atoms with Crippen LogP contribution in [0, 0.1) is 11.7 Å². The molecule has 1 aromatic carbocycles. The Hall–Kier alpha value is -1.42. The third-order valence-corrected chi connectivity index (χ3v) is 4.13. The molecule has 21 heavy (non-hydrogen) atoms. The van der Waals surface area contributed by atoms with Gasteiger partial charge in [0.25, 0.3) is 0 Å². The largest absolute Gasteiger partial charge is 0.466 e.